The van der Waals surface area contributed by atoms with Gasteiger partial charge in [-0.3, -0.25) is 9.98 Å². The highest BCUT2D eigenvalue weighted by molar-refractivity contribution is 5.83. The van der Waals surface area contributed by atoms with Gasteiger partial charge in [0.15, 0.2) is 0 Å². The number of hydrogen-bond acceptors (Lipinski definition) is 4. The fourth-order valence-electron chi connectivity index (χ4n) is 2.54. The lowest BCUT2D eigenvalue weighted by Gasteiger charge is -2.03. The summed E-state index contributed by atoms with van der Waals surface area (Å²) in [6, 6.07) is 0. The van der Waals surface area contributed by atoms with Gasteiger partial charge >= 0.3 is 0 Å². The molecule has 2 rings (SSSR count). The number of nitrogens with zero attached hydrogens (tertiary/aromatic N) is 2. The Morgan fingerprint density at radius 3 is 2.10 bits per heavy atom. The zero-order valence-corrected chi connectivity index (χ0v) is 13.9. The van der Waals surface area contributed by atoms with E-state index in [1.54, 1.807) is 6.34 Å². The molecule has 21 heavy (non-hydrogen) atoms. The van der Waals surface area contributed by atoms with Crippen LogP contribution in [-0.2, 0) is 0 Å². The van der Waals surface area contributed by atoms with Gasteiger partial charge in [-0.15, -0.1) is 0 Å². The number of hydrogen-bond donors (Lipinski definition) is 2. The molecule has 0 aromatic heterocycles. The molecule has 0 unspecified atom stereocenters. The van der Waals surface area contributed by atoms with E-state index in [0.717, 1.165) is 26.2 Å². The Labute approximate surface area is 130 Å². The molecule has 4 nitrogen and oxygen atoms in total. The Balaban J connectivity index is 0.000000369. The Morgan fingerprint density at radius 2 is 1.62 bits per heavy atom. The van der Waals surface area contributed by atoms with Crippen LogP contribution in [0.1, 0.15) is 71.1 Å². The summed E-state index contributed by atoms with van der Waals surface area (Å²) < 4.78 is 0. The van der Waals surface area contributed by atoms with E-state index in [9.17, 15) is 0 Å². The molecule has 2 aliphatic heterocycles. The monoisotopic (exact) mass is 294 g/mol. The first-order valence-electron chi connectivity index (χ1n) is 8.92. The van der Waals surface area contributed by atoms with Gasteiger partial charge in [0.25, 0.3) is 0 Å². The summed E-state index contributed by atoms with van der Waals surface area (Å²) in [5, 5.41) is 6.26. The van der Waals surface area contributed by atoms with Crippen LogP contribution in [0.5, 0.6) is 0 Å². The predicted octanol–water partition coefficient (Wildman–Crippen LogP) is 3.53. The normalized spacial score (nSPS) is 16.0. The Kier molecular flexibility index (Phi) is 11.9. The fraction of sp³-hybridized carbons (Fsp3) is 0.882. The molecule has 0 fully saturated rings. The van der Waals surface area contributed by atoms with E-state index in [1.165, 1.54) is 70.0 Å². The average Bonchev–Trinajstić information content (AvgIpc) is 3.21. The highest BCUT2D eigenvalue weighted by Gasteiger charge is 2.03. The number of rotatable bonds is 10. The van der Waals surface area contributed by atoms with Crippen LogP contribution in [0, 0.1) is 0 Å². The van der Waals surface area contributed by atoms with Gasteiger partial charge < -0.3 is 10.6 Å². The van der Waals surface area contributed by atoms with Gasteiger partial charge in [-0.2, -0.15) is 0 Å². The smallest absolute Gasteiger partial charge is 0.0964 e. The van der Waals surface area contributed by atoms with Crippen LogP contribution in [0.25, 0.3) is 0 Å². The summed E-state index contributed by atoms with van der Waals surface area (Å²) in [6.07, 6.45) is 15.6. The van der Waals surface area contributed by atoms with E-state index in [1.807, 2.05) is 0 Å². The summed E-state index contributed by atoms with van der Waals surface area (Å²) in [7, 11) is 0. The molecule has 0 saturated carbocycles. The van der Waals surface area contributed by atoms with Crippen LogP contribution < -0.4 is 10.6 Å². The van der Waals surface area contributed by atoms with Crippen LogP contribution in [0.4, 0.5) is 0 Å². The maximum atomic E-state index is 4.41. The Bertz CT molecular complexity index is 281. The van der Waals surface area contributed by atoms with E-state index in [4.69, 9.17) is 0 Å². The highest BCUT2D eigenvalue weighted by atomic mass is 15.1. The van der Waals surface area contributed by atoms with Crippen molar-refractivity contribution in [1.82, 2.24) is 10.6 Å². The van der Waals surface area contributed by atoms with Gasteiger partial charge in [0.2, 0.25) is 0 Å². The van der Waals surface area contributed by atoms with Crippen LogP contribution >= 0.6 is 0 Å². The van der Waals surface area contributed by atoms with Gasteiger partial charge in [0.1, 0.15) is 0 Å². The molecule has 0 atom stereocenters. The van der Waals surface area contributed by atoms with Crippen LogP contribution in [0.3, 0.4) is 0 Å². The maximum absolute atomic E-state index is 4.41. The van der Waals surface area contributed by atoms with Crippen molar-refractivity contribution < 1.29 is 0 Å². The SMILES string of the molecule is C1=NCCN1.CCCCCCCCCCCC1=NCCN1. The number of amidine groups is 1. The van der Waals surface area contributed by atoms with E-state index in [-0.39, 0.29) is 0 Å². The molecular weight excluding hydrogens is 260 g/mol. The molecule has 0 bridgehead atoms. The Hall–Kier alpha value is -1.06. The summed E-state index contributed by atoms with van der Waals surface area (Å²) in [4.78, 5) is 8.26. The van der Waals surface area contributed by atoms with Crippen molar-refractivity contribution in [3.63, 3.8) is 0 Å². The maximum Gasteiger partial charge on any atom is 0.0964 e. The van der Waals surface area contributed by atoms with Crippen molar-refractivity contribution in [1.29, 1.82) is 0 Å². The lowest BCUT2D eigenvalue weighted by atomic mass is 10.1. The summed E-state index contributed by atoms with van der Waals surface area (Å²) in [5.41, 5.74) is 0. The second-order valence-corrected chi connectivity index (χ2v) is 5.82. The van der Waals surface area contributed by atoms with Crippen molar-refractivity contribution in [3.05, 3.63) is 0 Å². The average molecular weight is 294 g/mol. The zero-order valence-electron chi connectivity index (χ0n) is 13.9. The summed E-state index contributed by atoms with van der Waals surface area (Å²) >= 11 is 0. The molecular formula is C17H34N4. The minimum atomic E-state index is 0.958. The third-order valence-electron chi connectivity index (χ3n) is 3.83. The van der Waals surface area contributed by atoms with Crippen molar-refractivity contribution in [3.8, 4) is 0 Å². The third kappa shape index (κ3) is 11.3. The molecule has 122 valence electrons. The van der Waals surface area contributed by atoms with E-state index in [0.29, 0.717) is 0 Å². The minimum absolute atomic E-state index is 0.958. The van der Waals surface area contributed by atoms with Gasteiger partial charge in [-0.25, -0.2) is 0 Å². The molecule has 0 aliphatic carbocycles. The largest absolute Gasteiger partial charge is 0.375 e. The lowest BCUT2D eigenvalue weighted by Crippen LogP contribution is -2.17. The van der Waals surface area contributed by atoms with E-state index in [2.05, 4.69) is 27.5 Å². The van der Waals surface area contributed by atoms with E-state index >= 15 is 0 Å². The predicted molar refractivity (Wildman–Crippen MR) is 93.5 cm³/mol. The molecule has 4 heteroatoms. The molecule has 0 spiro atoms. The number of nitrogens with one attached hydrogen (secondary N) is 2. The lowest BCUT2D eigenvalue weighted by molar-refractivity contribution is 0.568. The van der Waals surface area contributed by atoms with Crippen LogP contribution in [0.2, 0.25) is 0 Å². The van der Waals surface area contributed by atoms with Gasteiger partial charge in [0.05, 0.1) is 25.3 Å². The first kappa shape index (κ1) is 18.0. The van der Waals surface area contributed by atoms with Gasteiger partial charge in [0, 0.05) is 19.5 Å². The van der Waals surface area contributed by atoms with Crippen molar-refractivity contribution in [2.75, 3.05) is 26.2 Å². The Morgan fingerprint density at radius 1 is 0.905 bits per heavy atom. The second kappa shape index (κ2) is 13.9. The first-order valence-corrected chi connectivity index (χ1v) is 8.92. The van der Waals surface area contributed by atoms with Crippen LogP contribution in [0.15, 0.2) is 9.98 Å². The molecule has 2 heterocycles. The fourth-order valence-corrected chi connectivity index (χ4v) is 2.54. The topological polar surface area (TPSA) is 48.8 Å². The third-order valence-corrected chi connectivity index (χ3v) is 3.83. The molecule has 0 aromatic carbocycles. The quantitative estimate of drug-likeness (QED) is 0.606. The zero-order chi connectivity index (χ0) is 15.0. The first-order chi connectivity index (χ1) is 10.4. The van der Waals surface area contributed by atoms with Crippen LogP contribution in [-0.4, -0.2) is 38.4 Å². The number of aliphatic imine (C=N–C) groups is 2. The highest BCUT2D eigenvalue weighted by Crippen LogP contribution is 2.10. The van der Waals surface area contributed by atoms with E-state index < -0.39 is 0 Å². The van der Waals surface area contributed by atoms with Crippen molar-refractivity contribution >= 4 is 12.2 Å². The standard InChI is InChI=1S/C14H28N2.C3H6N2/c1-2-3-4-5-6-7-8-9-10-11-14-15-12-13-16-14;1-2-5-3-4-1/h2-13H2,1H3,(H,15,16);3H,1-2H2,(H,4,5). The molecule has 0 aromatic rings. The molecule has 0 amide bonds. The second-order valence-electron chi connectivity index (χ2n) is 5.82. The molecule has 0 saturated heterocycles. The van der Waals surface area contributed by atoms with Crippen molar-refractivity contribution in [2.45, 2.75) is 71.1 Å². The minimum Gasteiger partial charge on any atom is -0.375 e. The number of unbranched alkanes of at least 4 members (excludes halogenated alkanes) is 8. The molecule has 2 N–H and O–H groups in total. The molecule has 2 aliphatic rings. The molecule has 0 radical (unpaired) electrons. The summed E-state index contributed by atoms with van der Waals surface area (Å²) in [6.45, 7) is 6.32. The van der Waals surface area contributed by atoms with Gasteiger partial charge in [-0.05, 0) is 6.42 Å². The van der Waals surface area contributed by atoms with Gasteiger partial charge in [-0.1, -0.05) is 58.3 Å². The summed E-state index contributed by atoms with van der Waals surface area (Å²) in [5.74, 6) is 1.25. The van der Waals surface area contributed by atoms with Crippen molar-refractivity contribution in [2.24, 2.45) is 9.98 Å².